The number of nitro benzene ring substituents is 1. The Balaban J connectivity index is 2.00. The fourth-order valence-electron chi connectivity index (χ4n) is 1.80. The first-order chi connectivity index (χ1) is 9.47. The van der Waals surface area contributed by atoms with Crippen molar-refractivity contribution >= 4 is 34.6 Å². The van der Waals surface area contributed by atoms with E-state index in [2.05, 4.69) is 0 Å². The van der Waals surface area contributed by atoms with Crippen LogP contribution in [0.4, 0.5) is 5.69 Å². The Hall–Kier alpha value is -1.66. The number of rotatable bonds is 5. The number of thioether (sulfide) groups is 1. The van der Waals surface area contributed by atoms with Crippen LogP contribution in [0.2, 0.25) is 0 Å². The maximum Gasteiger partial charge on any atom is 0.269 e. The fraction of sp³-hybridized carbons (Fsp3) is 0.214. The average Bonchev–Trinajstić information content (AvgIpc) is 2.75. The van der Waals surface area contributed by atoms with Crippen LogP contribution in [0.3, 0.4) is 0 Å². The summed E-state index contributed by atoms with van der Waals surface area (Å²) in [6.07, 6.45) is 0. The van der Waals surface area contributed by atoms with E-state index in [1.54, 1.807) is 23.5 Å². The van der Waals surface area contributed by atoms with Crippen LogP contribution >= 0.6 is 23.1 Å². The van der Waals surface area contributed by atoms with Gasteiger partial charge in [0.15, 0.2) is 5.78 Å². The molecule has 0 aliphatic heterocycles. The van der Waals surface area contributed by atoms with E-state index in [-0.39, 0.29) is 11.5 Å². The number of ketones is 1. The number of carbonyl (C=O) groups is 1. The quantitative estimate of drug-likeness (QED) is 0.358. The van der Waals surface area contributed by atoms with Crippen molar-refractivity contribution in [3.63, 3.8) is 0 Å². The fourth-order valence-corrected chi connectivity index (χ4v) is 3.52. The molecule has 6 heteroatoms. The molecule has 1 heterocycles. The Kier molecular flexibility index (Phi) is 4.57. The van der Waals surface area contributed by atoms with Gasteiger partial charge in [0.05, 0.1) is 10.7 Å². The van der Waals surface area contributed by atoms with Crippen molar-refractivity contribution < 1.29 is 9.72 Å². The molecule has 0 saturated carbocycles. The Morgan fingerprint density at radius 3 is 2.45 bits per heavy atom. The third-order valence-electron chi connectivity index (χ3n) is 2.76. The number of nitrogens with zero attached hydrogens (tertiary/aromatic N) is 1. The molecule has 0 unspecified atom stereocenters. The topological polar surface area (TPSA) is 60.2 Å². The molecule has 1 aromatic heterocycles. The molecule has 0 aliphatic rings. The molecule has 0 amide bonds. The second kappa shape index (κ2) is 6.19. The van der Waals surface area contributed by atoms with Gasteiger partial charge in [-0.15, -0.1) is 23.1 Å². The summed E-state index contributed by atoms with van der Waals surface area (Å²) >= 11 is 3.01. The van der Waals surface area contributed by atoms with Crippen LogP contribution < -0.4 is 0 Å². The third-order valence-corrected chi connectivity index (χ3v) is 4.74. The van der Waals surface area contributed by atoms with Gasteiger partial charge in [-0.1, -0.05) is 0 Å². The van der Waals surface area contributed by atoms with Crippen LogP contribution in [0.1, 0.15) is 20.1 Å². The molecule has 1 aromatic carbocycles. The van der Waals surface area contributed by atoms with Gasteiger partial charge in [-0.25, -0.2) is 0 Å². The van der Waals surface area contributed by atoms with E-state index in [9.17, 15) is 14.9 Å². The lowest BCUT2D eigenvalue weighted by Crippen LogP contribution is -2.02. The molecule has 0 radical (unpaired) electrons. The van der Waals surface area contributed by atoms with Gasteiger partial charge in [0.25, 0.3) is 5.69 Å². The standard InChI is InChI=1S/C14H13NO3S2/c1-9-7-13(10(2)20-9)14(16)8-19-12-5-3-11(4-6-12)15(17)18/h3-7H,8H2,1-2H3. The zero-order valence-corrected chi connectivity index (χ0v) is 12.7. The molecular weight excluding hydrogens is 294 g/mol. The van der Waals surface area contributed by atoms with Gasteiger partial charge in [0, 0.05) is 32.3 Å². The number of nitro groups is 1. The van der Waals surface area contributed by atoms with Crippen molar-refractivity contribution in [2.24, 2.45) is 0 Å². The smallest absolute Gasteiger partial charge is 0.269 e. The van der Waals surface area contributed by atoms with Crippen molar-refractivity contribution in [2.75, 3.05) is 5.75 Å². The van der Waals surface area contributed by atoms with E-state index in [1.807, 2.05) is 19.9 Å². The first kappa shape index (κ1) is 14.7. The molecule has 2 rings (SSSR count). The molecule has 0 atom stereocenters. The monoisotopic (exact) mass is 307 g/mol. The van der Waals surface area contributed by atoms with E-state index in [0.717, 1.165) is 20.2 Å². The molecule has 2 aromatic rings. The maximum atomic E-state index is 12.1. The molecule has 0 spiro atoms. The molecule has 104 valence electrons. The maximum absolute atomic E-state index is 12.1. The van der Waals surface area contributed by atoms with Gasteiger partial charge in [-0.3, -0.25) is 14.9 Å². The van der Waals surface area contributed by atoms with Crippen LogP contribution in [-0.4, -0.2) is 16.5 Å². The third kappa shape index (κ3) is 3.46. The SMILES string of the molecule is Cc1cc(C(=O)CSc2ccc([N+](=O)[O-])cc2)c(C)s1. The highest BCUT2D eigenvalue weighted by Crippen LogP contribution is 2.25. The van der Waals surface area contributed by atoms with Crippen LogP contribution in [0, 0.1) is 24.0 Å². The van der Waals surface area contributed by atoms with E-state index < -0.39 is 4.92 Å². The number of benzene rings is 1. The zero-order chi connectivity index (χ0) is 14.7. The zero-order valence-electron chi connectivity index (χ0n) is 11.1. The molecule has 20 heavy (non-hydrogen) atoms. The van der Waals surface area contributed by atoms with Crippen molar-refractivity contribution in [2.45, 2.75) is 18.7 Å². The molecule has 0 saturated heterocycles. The summed E-state index contributed by atoms with van der Waals surface area (Å²) in [7, 11) is 0. The average molecular weight is 307 g/mol. The summed E-state index contributed by atoms with van der Waals surface area (Å²) in [6.45, 7) is 3.93. The number of hydrogen-bond donors (Lipinski definition) is 0. The van der Waals surface area contributed by atoms with E-state index in [0.29, 0.717) is 5.75 Å². The van der Waals surface area contributed by atoms with Gasteiger partial charge in [0.1, 0.15) is 0 Å². The molecule has 0 bridgehead atoms. The number of non-ortho nitro benzene ring substituents is 1. The first-order valence-corrected chi connectivity index (χ1v) is 7.75. The van der Waals surface area contributed by atoms with Crippen molar-refractivity contribution in [3.05, 3.63) is 55.8 Å². The van der Waals surface area contributed by atoms with Gasteiger partial charge in [-0.05, 0) is 32.0 Å². The van der Waals surface area contributed by atoms with E-state index >= 15 is 0 Å². The minimum Gasteiger partial charge on any atom is -0.293 e. The molecule has 0 fully saturated rings. The van der Waals surface area contributed by atoms with E-state index in [1.165, 1.54) is 23.9 Å². The summed E-state index contributed by atoms with van der Waals surface area (Å²) in [4.78, 5) is 25.2. The molecule has 0 N–H and O–H groups in total. The number of hydrogen-bond acceptors (Lipinski definition) is 5. The largest absolute Gasteiger partial charge is 0.293 e. The predicted octanol–water partition coefficient (Wildman–Crippen LogP) is 4.25. The Morgan fingerprint density at radius 1 is 1.30 bits per heavy atom. The molecular formula is C14H13NO3S2. The Morgan fingerprint density at radius 2 is 1.95 bits per heavy atom. The summed E-state index contributed by atoms with van der Waals surface area (Å²) in [6, 6.07) is 8.15. The molecule has 4 nitrogen and oxygen atoms in total. The Bertz CT molecular complexity index is 647. The predicted molar refractivity (Wildman–Crippen MR) is 81.9 cm³/mol. The lowest BCUT2D eigenvalue weighted by Gasteiger charge is -2.01. The van der Waals surface area contributed by atoms with Gasteiger partial charge in [-0.2, -0.15) is 0 Å². The number of Topliss-reactive ketones (excluding diaryl/α,β-unsaturated/α-hetero) is 1. The Labute approximate surface area is 125 Å². The van der Waals surface area contributed by atoms with Crippen LogP contribution in [0.15, 0.2) is 35.2 Å². The van der Waals surface area contributed by atoms with Gasteiger partial charge >= 0.3 is 0 Å². The van der Waals surface area contributed by atoms with Crippen molar-refractivity contribution in [1.82, 2.24) is 0 Å². The summed E-state index contributed by atoms with van der Waals surface area (Å²) in [5, 5.41) is 10.5. The summed E-state index contributed by atoms with van der Waals surface area (Å²) < 4.78 is 0. The van der Waals surface area contributed by atoms with Crippen LogP contribution in [0.25, 0.3) is 0 Å². The van der Waals surface area contributed by atoms with Gasteiger partial charge < -0.3 is 0 Å². The second-order valence-electron chi connectivity index (χ2n) is 4.29. The lowest BCUT2D eigenvalue weighted by molar-refractivity contribution is -0.384. The highest BCUT2D eigenvalue weighted by atomic mass is 32.2. The van der Waals surface area contributed by atoms with Crippen LogP contribution in [-0.2, 0) is 0 Å². The number of thiophene rings is 1. The van der Waals surface area contributed by atoms with Crippen LogP contribution in [0.5, 0.6) is 0 Å². The van der Waals surface area contributed by atoms with Crippen molar-refractivity contribution in [3.8, 4) is 0 Å². The first-order valence-electron chi connectivity index (χ1n) is 5.95. The highest BCUT2D eigenvalue weighted by Gasteiger charge is 2.12. The number of aryl methyl sites for hydroxylation is 2. The van der Waals surface area contributed by atoms with E-state index in [4.69, 9.17) is 0 Å². The minimum absolute atomic E-state index is 0.0602. The lowest BCUT2D eigenvalue weighted by atomic mass is 10.2. The summed E-state index contributed by atoms with van der Waals surface area (Å²) in [5.41, 5.74) is 0.840. The number of carbonyl (C=O) groups excluding carboxylic acids is 1. The van der Waals surface area contributed by atoms with Gasteiger partial charge in [0.2, 0.25) is 0 Å². The second-order valence-corrected chi connectivity index (χ2v) is 6.80. The normalized spacial score (nSPS) is 10.5. The highest BCUT2D eigenvalue weighted by molar-refractivity contribution is 8.00. The minimum atomic E-state index is -0.433. The summed E-state index contributed by atoms with van der Waals surface area (Å²) in [5.74, 6) is 0.435. The molecule has 0 aliphatic carbocycles. The van der Waals surface area contributed by atoms with Crippen molar-refractivity contribution in [1.29, 1.82) is 0 Å².